The minimum atomic E-state index is -0.933. The molecule has 2 aromatic rings. The van der Waals surface area contributed by atoms with E-state index in [1.165, 1.54) is 5.56 Å². The number of hydrogen-bond acceptors (Lipinski definition) is 4. The number of benzene rings is 1. The van der Waals surface area contributed by atoms with E-state index in [4.69, 9.17) is 0 Å². The molecule has 1 aromatic heterocycles. The molecule has 4 heteroatoms. The normalized spacial score (nSPS) is 27.4. The Morgan fingerprint density at radius 2 is 1.97 bits per heavy atom. The van der Waals surface area contributed by atoms with Gasteiger partial charge in [-0.15, -0.1) is 0 Å². The highest BCUT2D eigenvalue weighted by molar-refractivity contribution is 5.98. The van der Waals surface area contributed by atoms with Crippen LogP contribution in [-0.4, -0.2) is 46.0 Å². The van der Waals surface area contributed by atoms with Crippen LogP contribution in [0.4, 0.5) is 0 Å². The Labute approximate surface area is 184 Å². The van der Waals surface area contributed by atoms with E-state index in [0.29, 0.717) is 13.0 Å². The molecule has 1 aliphatic carbocycles. The molecule has 3 aliphatic heterocycles. The lowest BCUT2D eigenvalue weighted by atomic mass is 9.75. The maximum absolute atomic E-state index is 11.9. The van der Waals surface area contributed by atoms with Crippen LogP contribution in [0.25, 0.3) is 5.57 Å². The predicted molar refractivity (Wildman–Crippen MR) is 121 cm³/mol. The van der Waals surface area contributed by atoms with Crippen LogP contribution in [0, 0.1) is 17.8 Å². The third kappa shape index (κ3) is 4.35. The molecule has 4 heterocycles. The van der Waals surface area contributed by atoms with Gasteiger partial charge >= 0.3 is 0 Å². The summed E-state index contributed by atoms with van der Waals surface area (Å²) in [7, 11) is 0. The minimum absolute atomic E-state index is 0.182. The molecule has 1 unspecified atom stereocenters. The third-order valence-corrected chi connectivity index (χ3v) is 6.90. The predicted octanol–water partition coefficient (Wildman–Crippen LogP) is 3.62. The van der Waals surface area contributed by atoms with Crippen LogP contribution in [-0.2, 0) is 11.2 Å². The Bertz CT molecular complexity index is 1070. The van der Waals surface area contributed by atoms with Crippen molar-refractivity contribution in [3.05, 3.63) is 71.1 Å². The second-order valence-electron chi connectivity index (χ2n) is 9.10. The number of fused-ring (bicyclic) bond motifs is 3. The molecule has 1 atom stereocenters. The van der Waals surface area contributed by atoms with E-state index < -0.39 is 5.60 Å². The van der Waals surface area contributed by atoms with E-state index in [1.807, 2.05) is 24.4 Å². The van der Waals surface area contributed by atoms with Crippen LogP contribution in [0.5, 0.6) is 0 Å². The maximum atomic E-state index is 11.9. The monoisotopic (exact) mass is 412 g/mol. The van der Waals surface area contributed by atoms with Gasteiger partial charge in [0.25, 0.3) is 0 Å². The summed E-state index contributed by atoms with van der Waals surface area (Å²) in [5, 5.41) is 11.2. The van der Waals surface area contributed by atoms with E-state index in [0.717, 1.165) is 67.6 Å². The first kappa shape index (κ1) is 20.2. The molecule has 0 saturated carbocycles. The van der Waals surface area contributed by atoms with Crippen molar-refractivity contribution in [1.82, 2.24) is 9.88 Å². The fourth-order valence-electron chi connectivity index (χ4n) is 5.10. The molecule has 1 aromatic carbocycles. The fraction of sp³-hybridized carbons (Fsp3) is 0.407. The number of nitrogens with zero attached hydrogens (tertiary/aromatic N) is 2. The van der Waals surface area contributed by atoms with Crippen LogP contribution in [0.2, 0.25) is 0 Å². The lowest BCUT2D eigenvalue weighted by Gasteiger charge is -2.47. The summed E-state index contributed by atoms with van der Waals surface area (Å²) < 4.78 is 0. The van der Waals surface area contributed by atoms with Crippen molar-refractivity contribution in [2.75, 3.05) is 19.6 Å². The van der Waals surface area contributed by atoms with Gasteiger partial charge in [-0.2, -0.15) is 0 Å². The summed E-state index contributed by atoms with van der Waals surface area (Å²) in [6, 6.07) is 12.4. The van der Waals surface area contributed by atoms with Crippen LogP contribution < -0.4 is 0 Å². The van der Waals surface area contributed by atoms with Gasteiger partial charge in [-0.1, -0.05) is 42.2 Å². The van der Waals surface area contributed by atoms with E-state index >= 15 is 0 Å². The van der Waals surface area contributed by atoms with Crippen molar-refractivity contribution in [2.45, 2.75) is 44.1 Å². The molecule has 31 heavy (non-hydrogen) atoms. The number of piperidine rings is 3. The van der Waals surface area contributed by atoms with E-state index in [1.54, 1.807) is 6.08 Å². The summed E-state index contributed by atoms with van der Waals surface area (Å²) in [6.45, 7) is 2.77. The highest BCUT2D eigenvalue weighted by Gasteiger charge is 2.44. The number of ketones is 1. The molecular weight excluding hydrogens is 384 g/mol. The number of carbonyl (C=O) groups excluding carboxylic acids is 1. The molecule has 2 bridgehead atoms. The third-order valence-electron chi connectivity index (χ3n) is 6.90. The van der Waals surface area contributed by atoms with Gasteiger partial charge in [-0.05, 0) is 74.0 Å². The number of allylic oxidation sites excluding steroid dienone is 2. The van der Waals surface area contributed by atoms with Crippen molar-refractivity contribution in [2.24, 2.45) is 5.92 Å². The van der Waals surface area contributed by atoms with Crippen molar-refractivity contribution in [3.63, 3.8) is 0 Å². The van der Waals surface area contributed by atoms with Gasteiger partial charge in [0.2, 0.25) is 0 Å². The molecule has 3 saturated heterocycles. The van der Waals surface area contributed by atoms with Crippen LogP contribution >= 0.6 is 0 Å². The van der Waals surface area contributed by atoms with Gasteiger partial charge in [0.1, 0.15) is 5.60 Å². The van der Waals surface area contributed by atoms with Gasteiger partial charge in [-0.3, -0.25) is 14.7 Å². The van der Waals surface area contributed by atoms with Crippen LogP contribution in [0.1, 0.15) is 54.5 Å². The number of aromatic nitrogens is 1. The van der Waals surface area contributed by atoms with Crippen molar-refractivity contribution >= 4 is 11.4 Å². The molecule has 0 amide bonds. The Kier molecular flexibility index (Phi) is 5.48. The standard InChI is InChI=1S/C27H28N2O2/c30-25-8-4-7-21(16-25)26-17-23(15-20-5-2-1-3-6-20)22(18-28-26)9-12-27(31)19-29-13-10-24(27)11-14-29/h1-3,5-6,16-18,24,31H,4,7-8,10-11,13-15,19H2. The minimum Gasteiger partial charge on any atom is -0.376 e. The average Bonchev–Trinajstić information content (AvgIpc) is 2.79. The molecule has 0 spiro atoms. The average molecular weight is 413 g/mol. The first-order valence-electron chi connectivity index (χ1n) is 11.3. The molecule has 1 N–H and O–H groups in total. The largest absolute Gasteiger partial charge is 0.376 e. The summed E-state index contributed by atoms with van der Waals surface area (Å²) in [4.78, 5) is 18.9. The Balaban J connectivity index is 1.50. The van der Waals surface area contributed by atoms with Crippen LogP contribution in [0.15, 0.2) is 48.7 Å². The Hall–Kier alpha value is -2.74. The quantitative estimate of drug-likeness (QED) is 0.783. The lowest BCUT2D eigenvalue weighted by Crippen LogP contribution is -2.58. The molecule has 0 radical (unpaired) electrons. The van der Waals surface area contributed by atoms with E-state index in [-0.39, 0.29) is 11.7 Å². The second-order valence-corrected chi connectivity index (χ2v) is 9.10. The summed E-state index contributed by atoms with van der Waals surface area (Å²) in [5.41, 5.74) is 4.11. The van der Waals surface area contributed by atoms with E-state index in [9.17, 15) is 9.90 Å². The maximum Gasteiger partial charge on any atom is 0.156 e. The number of aliphatic hydroxyl groups is 1. The summed E-state index contributed by atoms with van der Waals surface area (Å²) in [5.74, 6) is 6.96. The number of carbonyl (C=O) groups is 1. The van der Waals surface area contributed by atoms with E-state index in [2.05, 4.69) is 39.9 Å². The summed E-state index contributed by atoms with van der Waals surface area (Å²) in [6.07, 6.45) is 8.74. The topological polar surface area (TPSA) is 53.4 Å². The van der Waals surface area contributed by atoms with Crippen LogP contribution in [0.3, 0.4) is 0 Å². The van der Waals surface area contributed by atoms with Crippen molar-refractivity contribution in [3.8, 4) is 11.8 Å². The van der Waals surface area contributed by atoms with Gasteiger partial charge in [0, 0.05) is 30.6 Å². The summed E-state index contributed by atoms with van der Waals surface area (Å²) >= 11 is 0. The molecule has 158 valence electrons. The van der Waals surface area contributed by atoms with Gasteiger partial charge in [-0.25, -0.2) is 0 Å². The van der Waals surface area contributed by atoms with Gasteiger partial charge < -0.3 is 5.11 Å². The lowest BCUT2D eigenvalue weighted by molar-refractivity contribution is -0.114. The zero-order valence-electron chi connectivity index (χ0n) is 17.8. The highest BCUT2D eigenvalue weighted by atomic mass is 16.3. The van der Waals surface area contributed by atoms with Gasteiger partial charge in [0.05, 0.1) is 5.69 Å². The fourth-order valence-corrected chi connectivity index (χ4v) is 5.10. The van der Waals surface area contributed by atoms with Crippen molar-refractivity contribution in [1.29, 1.82) is 0 Å². The smallest absolute Gasteiger partial charge is 0.156 e. The zero-order chi connectivity index (χ0) is 21.3. The Morgan fingerprint density at radius 3 is 2.68 bits per heavy atom. The number of hydrogen-bond donors (Lipinski definition) is 1. The van der Waals surface area contributed by atoms with Crippen molar-refractivity contribution < 1.29 is 9.90 Å². The molecule has 3 fully saturated rings. The molecule has 6 rings (SSSR count). The first-order valence-corrected chi connectivity index (χ1v) is 11.3. The first-order chi connectivity index (χ1) is 15.1. The molecule has 4 aliphatic rings. The SMILES string of the molecule is O=C1C=C(c2cc(Cc3ccccc3)c(C#CC3(O)CN4CCC3CC4)cn2)CCC1. The zero-order valence-corrected chi connectivity index (χ0v) is 17.8. The highest BCUT2D eigenvalue weighted by Crippen LogP contribution is 2.35. The number of rotatable bonds is 3. The number of pyridine rings is 1. The molecule has 4 nitrogen and oxygen atoms in total. The Morgan fingerprint density at radius 1 is 1.16 bits per heavy atom. The second kappa shape index (κ2) is 8.42. The molecular formula is C27H28N2O2. The van der Waals surface area contributed by atoms with Gasteiger partial charge in [0.15, 0.2) is 5.78 Å².